The van der Waals surface area contributed by atoms with Crippen molar-refractivity contribution < 1.29 is 14.6 Å². The zero-order valence-corrected chi connectivity index (χ0v) is 10.2. The van der Waals surface area contributed by atoms with Crippen LogP contribution >= 0.6 is 0 Å². The number of hydrogen-bond acceptors (Lipinski definition) is 5. The highest BCUT2D eigenvalue weighted by molar-refractivity contribution is 5.78. The van der Waals surface area contributed by atoms with Crippen molar-refractivity contribution in [3.8, 4) is 0 Å². The summed E-state index contributed by atoms with van der Waals surface area (Å²) in [6.07, 6.45) is 0. The molecule has 0 aromatic carbocycles. The van der Waals surface area contributed by atoms with Crippen LogP contribution in [0.5, 0.6) is 0 Å². The SMILES string of the molecule is COC(=O)C(C)(O)CNCC(C)N(C)C. The maximum atomic E-state index is 11.1. The predicted octanol–water partition coefficient (Wildman–Crippen LogP) is -0.550. The van der Waals surface area contributed by atoms with E-state index in [-0.39, 0.29) is 6.54 Å². The van der Waals surface area contributed by atoms with E-state index in [1.165, 1.54) is 14.0 Å². The van der Waals surface area contributed by atoms with Crippen LogP contribution in [0.1, 0.15) is 13.8 Å². The van der Waals surface area contributed by atoms with E-state index in [4.69, 9.17) is 0 Å². The number of hydrogen-bond donors (Lipinski definition) is 2. The Morgan fingerprint density at radius 2 is 2.13 bits per heavy atom. The number of carbonyl (C=O) groups excluding carboxylic acids is 1. The molecule has 90 valence electrons. The van der Waals surface area contributed by atoms with Crippen molar-refractivity contribution in [3.63, 3.8) is 0 Å². The Balaban J connectivity index is 3.90. The number of carbonyl (C=O) groups is 1. The summed E-state index contributed by atoms with van der Waals surface area (Å²) >= 11 is 0. The lowest BCUT2D eigenvalue weighted by molar-refractivity contribution is -0.159. The van der Waals surface area contributed by atoms with Crippen molar-refractivity contribution in [1.29, 1.82) is 0 Å². The van der Waals surface area contributed by atoms with Crippen molar-refractivity contribution in [2.24, 2.45) is 0 Å². The highest BCUT2D eigenvalue weighted by atomic mass is 16.5. The number of nitrogens with zero attached hydrogens (tertiary/aromatic N) is 1. The normalized spacial score (nSPS) is 17.3. The first-order valence-corrected chi connectivity index (χ1v) is 4.99. The maximum absolute atomic E-state index is 11.1. The molecule has 0 heterocycles. The fourth-order valence-corrected chi connectivity index (χ4v) is 0.999. The van der Waals surface area contributed by atoms with Gasteiger partial charge in [-0.2, -0.15) is 0 Å². The summed E-state index contributed by atoms with van der Waals surface area (Å²) in [6.45, 7) is 4.39. The van der Waals surface area contributed by atoms with Gasteiger partial charge in [-0.1, -0.05) is 0 Å². The Kier molecular flexibility index (Phi) is 5.79. The molecule has 0 aliphatic carbocycles. The van der Waals surface area contributed by atoms with Crippen LogP contribution in [0.4, 0.5) is 0 Å². The number of likely N-dealkylation sites (N-methyl/N-ethyl adjacent to an activating group) is 1. The molecule has 2 atom stereocenters. The van der Waals surface area contributed by atoms with E-state index in [1.54, 1.807) is 0 Å². The van der Waals surface area contributed by atoms with Crippen LogP contribution in [0, 0.1) is 0 Å². The summed E-state index contributed by atoms with van der Waals surface area (Å²) in [5, 5.41) is 12.7. The van der Waals surface area contributed by atoms with Crippen molar-refractivity contribution in [3.05, 3.63) is 0 Å². The Morgan fingerprint density at radius 3 is 2.53 bits per heavy atom. The Bertz CT molecular complexity index is 205. The van der Waals surface area contributed by atoms with Crippen LogP contribution < -0.4 is 5.32 Å². The van der Waals surface area contributed by atoms with Gasteiger partial charge < -0.3 is 20.1 Å². The standard InChI is InChI=1S/C10H22N2O3/c1-8(12(3)4)6-11-7-10(2,14)9(13)15-5/h8,11,14H,6-7H2,1-5H3. The highest BCUT2D eigenvalue weighted by Gasteiger charge is 2.30. The topological polar surface area (TPSA) is 61.8 Å². The van der Waals surface area contributed by atoms with E-state index in [9.17, 15) is 9.90 Å². The third kappa shape index (κ3) is 5.11. The molecule has 0 saturated carbocycles. The van der Waals surface area contributed by atoms with Crippen LogP contribution in [-0.4, -0.2) is 61.9 Å². The molecule has 0 aliphatic heterocycles. The number of aliphatic hydroxyl groups is 1. The van der Waals surface area contributed by atoms with Gasteiger partial charge >= 0.3 is 5.97 Å². The van der Waals surface area contributed by atoms with E-state index in [2.05, 4.69) is 21.9 Å². The lowest BCUT2D eigenvalue weighted by Crippen LogP contribution is -2.48. The first-order chi connectivity index (χ1) is 6.81. The minimum absolute atomic E-state index is 0.192. The first kappa shape index (κ1) is 14.3. The van der Waals surface area contributed by atoms with Gasteiger partial charge in [0.15, 0.2) is 5.60 Å². The third-order valence-electron chi connectivity index (χ3n) is 2.42. The number of ether oxygens (including phenoxy) is 1. The minimum atomic E-state index is -1.46. The molecule has 5 nitrogen and oxygen atoms in total. The van der Waals surface area contributed by atoms with Gasteiger partial charge in [0.25, 0.3) is 0 Å². The summed E-state index contributed by atoms with van der Waals surface area (Å²) in [7, 11) is 5.22. The number of methoxy groups -OCH3 is 1. The van der Waals surface area contributed by atoms with Gasteiger partial charge in [0.2, 0.25) is 0 Å². The number of rotatable bonds is 6. The van der Waals surface area contributed by atoms with Gasteiger partial charge in [0.05, 0.1) is 7.11 Å². The second-order valence-electron chi connectivity index (χ2n) is 4.21. The summed E-state index contributed by atoms with van der Waals surface area (Å²) in [5.74, 6) is -0.618. The van der Waals surface area contributed by atoms with Crippen LogP contribution in [0.3, 0.4) is 0 Å². The van der Waals surface area contributed by atoms with Gasteiger partial charge in [-0.25, -0.2) is 4.79 Å². The summed E-state index contributed by atoms with van der Waals surface area (Å²) in [5.41, 5.74) is -1.46. The molecule has 0 fully saturated rings. The summed E-state index contributed by atoms with van der Waals surface area (Å²) in [4.78, 5) is 13.2. The molecular weight excluding hydrogens is 196 g/mol. The average Bonchev–Trinajstić information content (AvgIpc) is 2.15. The molecule has 0 aromatic heterocycles. The van der Waals surface area contributed by atoms with Crippen molar-refractivity contribution in [2.45, 2.75) is 25.5 Å². The zero-order chi connectivity index (χ0) is 12.1. The Morgan fingerprint density at radius 1 is 1.60 bits per heavy atom. The smallest absolute Gasteiger partial charge is 0.338 e. The fraction of sp³-hybridized carbons (Fsp3) is 0.900. The lowest BCUT2D eigenvalue weighted by Gasteiger charge is -2.24. The van der Waals surface area contributed by atoms with Crippen molar-refractivity contribution in [1.82, 2.24) is 10.2 Å². The molecule has 0 aliphatic rings. The van der Waals surface area contributed by atoms with Gasteiger partial charge in [-0.15, -0.1) is 0 Å². The number of esters is 1. The van der Waals surface area contributed by atoms with Crippen LogP contribution in [0.25, 0.3) is 0 Å². The van der Waals surface area contributed by atoms with Gasteiger partial charge in [-0.05, 0) is 27.9 Å². The third-order valence-corrected chi connectivity index (χ3v) is 2.42. The van der Waals surface area contributed by atoms with Crippen LogP contribution in [-0.2, 0) is 9.53 Å². The van der Waals surface area contributed by atoms with E-state index in [1.807, 2.05) is 14.1 Å². The van der Waals surface area contributed by atoms with Crippen LogP contribution in [0.15, 0.2) is 0 Å². The fourth-order valence-electron chi connectivity index (χ4n) is 0.999. The Labute approximate surface area is 91.4 Å². The van der Waals surface area contributed by atoms with E-state index >= 15 is 0 Å². The monoisotopic (exact) mass is 218 g/mol. The largest absolute Gasteiger partial charge is 0.467 e. The van der Waals surface area contributed by atoms with Crippen molar-refractivity contribution >= 4 is 5.97 Å². The second kappa shape index (κ2) is 6.05. The van der Waals surface area contributed by atoms with Gasteiger partial charge in [-0.3, -0.25) is 0 Å². The molecule has 0 bridgehead atoms. The maximum Gasteiger partial charge on any atom is 0.338 e. The van der Waals surface area contributed by atoms with Gasteiger partial charge in [0, 0.05) is 19.1 Å². The molecule has 2 N–H and O–H groups in total. The molecule has 15 heavy (non-hydrogen) atoms. The van der Waals surface area contributed by atoms with Crippen LogP contribution in [0.2, 0.25) is 0 Å². The van der Waals surface area contributed by atoms with Crippen molar-refractivity contribution in [2.75, 3.05) is 34.3 Å². The Hall–Kier alpha value is -0.650. The second-order valence-corrected chi connectivity index (χ2v) is 4.21. The highest BCUT2D eigenvalue weighted by Crippen LogP contribution is 2.03. The zero-order valence-electron chi connectivity index (χ0n) is 10.2. The van der Waals surface area contributed by atoms with Gasteiger partial charge in [0.1, 0.15) is 0 Å². The predicted molar refractivity (Wildman–Crippen MR) is 58.7 cm³/mol. The molecule has 5 heteroatoms. The quantitative estimate of drug-likeness (QED) is 0.586. The molecule has 0 rings (SSSR count). The van der Waals surface area contributed by atoms with E-state index < -0.39 is 11.6 Å². The molecule has 0 aromatic rings. The molecule has 0 saturated heterocycles. The molecule has 0 spiro atoms. The molecule has 0 amide bonds. The summed E-state index contributed by atoms with van der Waals surface area (Å²) in [6, 6.07) is 0.346. The average molecular weight is 218 g/mol. The molecular formula is C10H22N2O3. The van der Waals surface area contributed by atoms with E-state index in [0.717, 1.165) is 0 Å². The van der Waals surface area contributed by atoms with E-state index in [0.29, 0.717) is 12.6 Å². The number of nitrogens with one attached hydrogen (secondary N) is 1. The molecule has 2 unspecified atom stereocenters. The lowest BCUT2D eigenvalue weighted by atomic mass is 10.1. The molecule has 0 radical (unpaired) electrons. The minimum Gasteiger partial charge on any atom is -0.467 e. The first-order valence-electron chi connectivity index (χ1n) is 4.99. The summed E-state index contributed by atoms with van der Waals surface area (Å²) < 4.78 is 4.48.